The summed E-state index contributed by atoms with van der Waals surface area (Å²) in [5.41, 5.74) is 2.17. The summed E-state index contributed by atoms with van der Waals surface area (Å²) in [6.45, 7) is 6.45. The number of aryl methyl sites for hydroxylation is 1. The Bertz CT molecular complexity index is 842. The van der Waals surface area contributed by atoms with Crippen LogP contribution in [-0.4, -0.2) is 40.4 Å². The van der Waals surface area contributed by atoms with Crippen molar-refractivity contribution in [2.45, 2.75) is 26.8 Å². The highest BCUT2D eigenvalue weighted by atomic mass is 32.1. The van der Waals surface area contributed by atoms with Crippen molar-refractivity contribution >= 4 is 28.3 Å². The Kier molecular flexibility index (Phi) is 5.78. The number of fused-ring (bicyclic) bond motifs is 1. The van der Waals surface area contributed by atoms with Crippen molar-refractivity contribution in [1.29, 1.82) is 0 Å². The van der Waals surface area contributed by atoms with Gasteiger partial charge in [-0.2, -0.15) is 5.10 Å². The highest BCUT2D eigenvalue weighted by Gasteiger charge is 2.15. The Morgan fingerprint density at radius 1 is 1.44 bits per heavy atom. The molecule has 1 amide bonds. The highest BCUT2D eigenvalue weighted by molar-refractivity contribution is 7.09. The van der Waals surface area contributed by atoms with Crippen molar-refractivity contribution in [2.75, 3.05) is 19.8 Å². The van der Waals surface area contributed by atoms with Crippen molar-refractivity contribution in [3.8, 4) is 0 Å². The first-order valence-corrected chi connectivity index (χ1v) is 9.28. The molecule has 3 rings (SSSR count). The van der Waals surface area contributed by atoms with Crippen molar-refractivity contribution in [3.63, 3.8) is 0 Å². The molecule has 0 bridgehead atoms. The van der Waals surface area contributed by atoms with Crippen LogP contribution in [0.5, 0.6) is 0 Å². The zero-order chi connectivity index (χ0) is 17.6. The van der Waals surface area contributed by atoms with E-state index in [1.807, 2.05) is 36.0 Å². The van der Waals surface area contributed by atoms with Crippen molar-refractivity contribution in [2.24, 2.45) is 0 Å². The quantitative estimate of drug-likeness (QED) is 0.629. The van der Waals surface area contributed by atoms with E-state index in [0.29, 0.717) is 31.9 Å². The van der Waals surface area contributed by atoms with E-state index in [1.54, 1.807) is 17.5 Å². The van der Waals surface area contributed by atoms with Crippen molar-refractivity contribution in [1.82, 2.24) is 20.1 Å². The lowest BCUT2D eigenvalue weighted by molar-refractivity contribution is 0.0945. The van der Waals surface area contributed by atoms with E-state index in [0.717, 1.165) is 23.1 Å². The SMILES string of the molecule is CCOCCCNC(=O)c1cc(C)nc2c1cnn2Cc1cccs1. The second-order valence-corrected chi connectivity index (χ2v) is 6.77. The van der Waals surface area contributed by atoms with E-state index in [9.17, 15) is 4.79 Å². The smallest absolute Gasteiger partial charge is 0.252 e. The molecule has 3 aromatic rings. The number of ether oxygens (including phenoxy) is 1. The molecule has 132 valence electrons. The minimum atomic E-state index is -0.0947. The van der Waals surface area contributed by atoms with Gasteiger partial charge >= 0.3 is 0 Å². The Morgan fingerprint density at radius 2 is 2.32 bits per heavy atom. The van der Waals surface area contributed by atoms with Gasteiger partial charge in [0.25, 0.3) is 5.91 Å². The average molecular weight is 358 g/mol. The third-order valence-corrected chi connectivity index (χ3v) is 4.68. The van der Waals surface area contributed by atoms with Gasteiger partial charge in [-0.3, -0.25) is 4.79 Å². The van der Waals surface area contributed by atoms with Gasteiger partial charge in [-0.25, -0.2) is 9.67 Å². The first-order chi connectivity index (χ1) is 12.2. The number of thiophene rings is 1. The summed E-state index contributed by atoms with van der Waals surface area (Å²) in [6.07, 6.45) is 2.52. The number of hydrogen-bond donors (Lipinski definition) is 1. The minimum absolute atomic E-state index is 0.0947. The number of nitrogens with zero attached hydrogens (tertiary/aromatic N) is 3. The van der Waals surface area contributed by atoms with E-state index in [1.165, 1.54) is 4.88 Å². The highest BCUT2D eigenvalue weighted by Crippen LogP contribution is 2.20. The van der Waals surface area contributed by atoms with Gasteiger partial charge in [0.15, 0.2) is 5.65 Å². The molecule has 0 aliphatic heterocycles. The third kappa shape index (κ3) is 4.24. The zero-order valence-corrected chi connectivity index (χ0v) is 15.3. The number of rotatable bonds is 8. The predicted molar refractivity (Wildman–Crippen MR) is 99.1 cm³/mol. The number of amides is 1. The standard InChI is InChI=1S/C18H22N4O2S/c1-3-24-8-5-7-19-18(23)15-10-13(2)21-17-16(15)11-20-22(17)12-14-6-4-9-25-14/h4,6,9-11H,3,5,7-8,12H2,1-2H3,(H,19,23). The molecule has 0 aliphatic carbocycles. The summed E-state index contributed by atoms with van der Waals surface area (Å²) in [7, 11) is 0. The Hall–Kier alpha value is -2.25. The summed E-state index contributed by atoms with van der Waals surface area (Å²) in [5, 5.41) is 10.2. The van der Waals surface area contributed by atoms with Gasteiger partial charge in [0, 0.05) is 30.3 Å². The molecule has 3 heterocycles. The molecular weight excluding hydrogens is 336 g/mol. The van der Waals surface area contributed by atoms with Gasteiger partial charge in [0.05, 0.1) is 23.7 Å². The normalized spacial score (nSPS) is 11.1. The topological polar surface area (TPSA) is 69.0 Å². The second kappa shape index (κ2) is 8.22. The molecule has 0 saturated carbocycles. The lowest BCUT2D eigenvalue weighted by atomic mass is 10.1. The van der Waals surface area contributed by atoms with Gasteiger partial charge in [0.1, 0.15) is 0 Å². The number of hydrogen-bond acceptors (Lipinski definition) is 5. The van der Waals surface area contributed by atoms with Gasteiger partial charge in [-0.05, 0) is 37.8 Å². The molecule has 0 radical (unpaired) electrons. The van der Waals surface area contributed by atoms with Crippen LogP contribution in [0.3, 0.4) is 0 Å². The van der Waals surface area contributed by atoms with Gasteiger partial charge in [-0.15, -0.1) is 11.3 Å². The van der Waals surface area contributed by atoms with Crippen LogP contribution in [0.1, 0.15) is 34.3 Å². The molecule has 3 aromatic heterocycles. The fraction of sp³-hybridized carbons (Fsp3) is 0.389. The molecule has 7 heteroatoms. The van der Waals surface area contributed by atoms with Crippen LogP contribution in [0, 0.1) is 6.92 Å². The zero-order valence-electron chi connectivity index (χ0n) is 14.5. The fourth-order valence-electron chi connectivity index (χ4n) is 2.64. The molecule has 0 spiro atoms. The number of carbonyl (C=O) groups excluding carboxylic acids is 1. The predicted octanol–water partition coefficient (Wildman–Crippen LogP) is 3.01. The maximum absolute atomic E-state index is 12.6. The van der Waals surface area contributed by atoms with Crippen LogP contribution >= 0.6 is 11.3 Å². The lowest BCUT2D eigenvalue weighted by Gasteiger charge is -2.08. The van der Waals surface area contributed by atoms with E-state index in [2.05, 4.69) is 21.5 Å². The van der Waals surface area contributed by atoms with Gasteiger partial charge < -0.3 is 10.1 Å². The summed E-state index contributed by atoms with van der Waals surface area (Å²) in [5.74, 6) is -0.0947. The van der Waals surface area contributed by atoms with Gasteiger partial charge in [0.2, 0.25) is 0 Å². The number of carbonyl (C=O) groups is 1. The van der Waals surface area contributed by atoms with Crippen LogP contribution < -0.4 is 5.32 Å². The van der Waals surface area contributed by atoms with Gasteiger partial charge in [-0.1, -0.05) is 6.07 Å². The molecule has 0 unspecified atom stereocenters. The van der Waals surface area contributed by atoms with E-state index < -0.39 is 0 Å². The molecule has 0 saturated heterocycles. The second-order valence-electron chi connectivity index (χ2n) is 5.74. The lowest BCUT2D eigenvalue weighted by Crippen LogP contribution is -2.25. The van der Waals surface area contributed by atoms with E-state index in [4.69, 9.17) is 4.74 Å². The maximum Gasteiger partial charge on any atom is 0.252 e. The molecule has 0 fully saturated rings. The summed E-state index contributed by atoms with van der Waals surface area (Å²) in [6, 6.07) is 5.91. The molecular formula is C18H22N4O2S. The fourth-order valence-corrected chi connectivity index (χ4v) is 3.33. The largest absolute Gasteiger partial charge is 0.382 e. The maximum atomic E-state index is 12.6. The third-order valence-electron chi connectivity index (χ3n) is 3.82. The van der Waals surface area contributed by atoms with Crippen molar-refractivity contribution in [3.05, 3.63) is 45.9 Å². The average Bonchev–Trinajstić information content (AvgIpc) is 3.25. The minimum Gasteiger partial charge on any atom is -0.382 e. The Labute approximate surface area is 150 Å². The molecule has 0 atom stereocenters. The summed E-state index contributed by atoms with van der Waals surface area (Å²) in [4.78, 5) is 18.3. The van der Waals surface area contributed by atoms with Crippen LogP contribution in [0.15, 0.2) is 29.8 Å². The Morgan fingerprint density at radius 3 is 3.08 bits per heavy atom. The first-order valence-electron chi connectivity index (χ1n) is 8.40. The van der Waals surface area contributed by atoms with Crippen LogP contribution in [0.4, 0.5) is 0 Å². The molecule has 25 heavy (non-hydrogen) atoms. The Balaban J connectivity index is 1.79. The van der Waals surface area contributed by atoms with Crippen LogP contribution in [0.2, 0.25) is 0 Å². The van der Waals surface area contributed by atoms with E-state index >= 15 is 0 Å². The van der Waals surface area contributed by atoms with Crippen molar-refractivity contribution < 1.29 is 9.53 Å². The molecule has 0 aliphatic rings. The molecule has 1 N–H and O–H groups in total. The monoisotopic (exact) mass is 358 g/mol. The summed E-state index contributed by atoms with van der Waals surface area (Å²) >= 11 is 1.68. The number of aromatic nitrogens is 3. The van der Waals surface area contributed by atoms with Crippen LogP contribution in [-0.2, 0) is 11.3 Å². The van der Waals surface area contributed by atoms with E-state index in [-0.39, 0.29) is 5.91 Å². The van der Waals surface area contributed by atoms with Crippen LogP contribution in [0.25, 0.3) is 11.0 Å². The number of nitrogens with one attached hydrogen (secondary N) is 1. The summed E-state index contributed by atoms with van der Waals surface area (Å²) < 4.78 is 7.14. The molecule has 6 nitrogen and oxygen atoms in total. The number of pyridine rings is 1. The first kappa shape index (κ1) is 17.6. The molecule has 0 aromatic carbocycles.